The molecule has 2 saturated carbocycles. The highest BCUT2D eigenvalue weighted by molar-refractivity contribution is 5.72. The van der Waals surface area contributed by atoms with Crippen LogP contribution in [0.2, 0.25) is 0 Å². The molecule has 3 rings (SSSR count). The van der Waals surface area contributed by atoms with Gasteiger partial charge in [0.2, 0.25) is 0 Å². The Labute approximate surface area is 128 Å². The Kier molecular flexibility index (Phi) is 5.17. The average molecular weight is 294 g/mol. The number of nitrogens with zero attached hydrogens (tertiary/aromatic N) is 1. The zero-order valence-corrected chi connectivity index (χ0v) is 13.4. The number of hydrogen-bond donors (Lipinski definition) is 1. The molecule has 0 aromatic rings. The minimum atomic E-state index is -0.0233. The van der Waals surface area contributed by atoms with Crippen LogP contribution in [0.25, 0.3) is 0 Å². The van der Waals surface area contributed by atoms with Gasteiger partial charge in [0.05, 0.1) is 13.0 Å². The van der Waals surface area contributed by atoms with Crippen molar-refractivity contribution in [3.8, 4) is 0 Å². The molecule has 0 spiro atoms. The number of methoxy groups -OCH3 is 1. The summed E-state index contributed by atoms with van der Waals surface area (Å²) >= 11 is 0. The van der Waals surface area contributed by atoms with E-state index in [9.17, 15) is 4.79 Å². The Bertz CT molecular complexity index is 351. The third-order valence-electron chi connectivity index (χ3n) is 5.50. The van der Waals surface area contributed by atoms with Gasteiger partial charge in [-0.1, -0.05) is 19.3 Å². The molecule has 2 unspecified atom stereocenters. The summed E-state index contributed by atoms with van der Waals surface area (Å²) in [7, 11) is 1.52. The van der Waals surface area contributed by atoms with Crippen LogP contribution in [0.5, 0.6) is 0 Å². The Hall–Kier alpha value is -0.610. The van der Waals surface area contributed by atoms with Crippen molar-refractivity contribution in [1.82, 2.24) is 10.2 Å². The second kappa shape index (κ2) is 7.10. The Morgan fingerprint density at radius 2 is 1.90 bits per heavy atom. The summed E-state index contributed by atoms with van der Waals surface area (Å²) in [4.78, 5) is 14.4. The van der Waals surface area contributed by atoms with Gasteiger partial charge in [0.1, 0.15) is 0 Å². The fraction of sp³-hybridized carbons (Fsp3) is 0.941. The van der Waals surface area contributed by atoms with E-state index in [4.69, 9.17) is 4.74 Å². The van der Waals surface area contributed by atoms with E-state index in [-0.39, 0.29) is 11.9 Å². The van der Waals surface area contributed by atoms with Crippen LogP contribution in [0.4, 0.5) is 0 Å². The summed E-state index contributed by atoms with van der Waals surface area (Å²) in [6.07, 6.45) is 10.5. The van der Waals surface area contributed by atoms with Crippen molar-refractivity contribution in [2.45, 2.75) is 63.5 Å². The molecule has 3 fully saturated rings. The average Bonchev–Trinajstić information content (AvgIpc) is 3.38. The maximum absolute atomic E-state index is 11.9. The highest BCUT2D eigenvalue weighted by atomic mass is 16.5. The normalized spacial score (nSPS) is 32.0. The molecule has 0 amide bonds. The lowest BCUT2D eigenvalue weighted by molar-refractivity contribution is -0.147. The minimum absolute atomic E-state index is 0.0233. The molecule has 0 aromatic heterocycles. The molecule has 2 atom stereocenters. The summed E-state index contributed by atoms with van der Waals surface area (Å²) in [6, 6.07) is 1.20. The van der Waals surface area contributed by atoms with Gasteiger partial charge in [0, 0.05) is 25.2 Å². The molecule has 1 aliphatic heterocycles. The smallest absolute Gasteiger partial charge is 0.310 e. The molecule has 0 aromatic carbocycles. The summed E-state index contributed by atoms with van der Waals surface area (Å²) in [6.45, 7) is 3.15. The van der Waals surface area contributed by atoms with E-state index in [1.807, 2.05) is 0 Å². The molecular formula is C17H30N2O2. The van der Waals surface area contributed by atoms with Crippen molar-refractivity contribution in [2.24, 2.45) is 11.8 Å². The first-order valence-electron chi connectivity index (χ1n) is 8.81. The fourth-order valence-electron chi connectivity index (χ4n) is 4.08. The quantitative estimate of drug-likeness (QED) is 0.789. The van der Waals surface area contributed by atoms with E-state index in [0.29, 0.717) is 6.04 Å². The van der Waals surface area contributed by atoms with Crippen LogP contribution in [0, 0.1) is 11.8 Å². The van der Waals surface area contributed by atoms with Gasteiger partial charge in [-0.05, 0) is 44.6 Å². The number of piperidine rings is 1. The molecule has 21 heavy (non-hydrogen) atoms. The predicted molar refractivity (Wildman–Crippen MR) is 83.1 cm³/mol. The molecule has 1 heterocycles. The summed E-state index contributed by atoms with van der Waals surface area (Å²) in [5.41, 5.74) is 0. The van der Waals surface area contributed by atoms with Gasteiger partial charge < -0.3 is 10.1 Å². The second-order valence-electron chi connectivity index (χ2n) is 7.25. The first-order valence-corrected chi connectivity index (χ1v) is 8.81. The summed E-state index contributed by atoms with van der Waals surface area (Å²) < 4.78 is 4.99. The lowest BCUT2D eigenvalue weighted by Crippen LogP contribution is -2.52. The molecule has 0 radical (unpaired) electrons. The van der Waals surface area contributed by atoms with Crippen molar-refractivity contribution >= 4 is 5.97 Å². The lowest BCUT2D eigenvalue weighted by Gasteiger charge is -2.38. The first kappa shape index (κ1) is 15.3. The predicted octanol–water partition coefficient (Wildman–Crippen LogP) is 2.18. The number of esters is 1. The minimum Gasteiger partial charge on any atom is -0.469 e. The molecule has 2 aliphatic carbocycles. The molecule has 1 N–H and O–H groups in total. The number of likely N-dealkylation sites (tertiary alicyclic amines) is 1. The van der Waals surface area contributed by atoms with Crippen LogP contribution in [0.15, 0.2) is 0 Å². The second-order valence-corrected chi connectivity index (χ2v) is 7.25. The van der Waals surface area contributed by atoms with E-state index in [1.165, 1.54) is 52.1 Å². The third kappa shape index (κ3) is 4.19. The highest BCUT2D eigenvalue weighted by Crippen LogP contribution is 2.31. The van der Waals surface area contributed by atoms with E-state index < -0.39 is 0 Å². The van der Waals surface area contributed by atoms with Crippen LogP contribution in [0.3, 0.4) is 0 Å². The maximum Gasteiger partial charge on any atom is 0.310 e. The largest absolute Gasteiger partial charge is 0.469 e. The fourth-order valence-corrected chi connectivity index (χ4v) is 4.08. The van der Waals surface area contributed by atoms with Gasteiger partial charge in [-0.15, -0.1) is 0 Å². The van der Waals surface area contributed by atoms with Crippen molar-refractivity contribution in [3.63, 3.8) is 0 Å². The number of carbonyl (C=O) groups is 1. The molecular weight excluding hydrogens is 264 g/mol. The van der Waals surface area contributed by atoms with Gasteiger partial charge >= 0.3 is 5.97 Å². The van der Waals surface area contributed by atoms with Crippen LogP contribution >= 0.6 is 0 Å². The van der Waals surface area contributed by atoms with Crippen molar-refractivity contribution in [3.05, 3.63) is 0 Å². The van der Waals surface area contributed by atoms with Crippen molar-refractivity contribution in [1.29, 1.82) is 0 Å². The van der Waals surface area contributed by atoms with Crippen molar-refractivity contribution < 1.29 is 9.53 Å². The van der Waals surface area contributed by atoms with Gasteiger partial charge in [0.25, 0.3) is 0 Å². The number of hydrogen-bond acceptors (Lipinski definition) is 4. The molecule has 1 saturated heterocycles. The molecule has 4 heteroatoms. The lowest BCUT2D eigenvalue weighted by atomic mass is 9.88. The summed E-state index contributed by atoms with van der Waals surface area (Å²) in [5.74, 6) is 0.893. The highest BCUT2D eigenvalue weighted by Gasteiger charge is 2.38. The van der Waals surface area contributed by atoms with Gasteiger partial charge in [-0.3, -0.25) is 9.69 Å². The summed E-state index contributed by atoms with van der Waals surface area (Å²) in [5, 5.41) is 3.76. The Morgan fingerprint density at radius 3 is 2.57 bits per heavy atom. The van der Waals surface area contributed by atoms with Gasteiger partial charge in [-0.2, -0.15) is 0 Å². The van der Waals surface area contributed by atoms with Crippen molar-refractivity contribution in [2.75, 3.05) is 26.7 Å². The SMILES string of the molecule is COC(=O)C1CC(NCC2CCCCC2)CN(C2CC2)C1. The number of nitrogens with one attached hydrogen (secondary N) is 1. The van der Waals surface area contributed by atoms with Crippen LogP contribution in [-0.4, -0.2) is 49.7 Å². The number of ether oxygens (including phenoxy) is 1. The Morgan fingerprint density at radius 1 is 1.14 bits per heavy atom. The number of carbonyl (C=O) groups excluding carboxylic acids is 1. The zero-order valence-electron chi connectivity index (χ0n) is 13.4. The van der Waals surface area contributed by atoms with Crippen LogP contribution < -0.4 is 5.32 Å². The van der Waals surface area contributed by atoms with E-state index in [1.54, 1.807) is 0 Å². The Balaban J connectivity index is 1.51. The molecule has 120 valence electrons. The number of rotatable bonds is 5. The van der Waals surface area contributed by atoms with Gasteiger partial charge in [0.15, 0.2) is 0 Å². The maximum atomic E-state index is 11.9. The monoisotopic (exact) mass is 294 g/mol. The van der Waals surface area contributed by atoms with E-state index in [0.717, 1.165) is 38.0 Å². The molecule has 0 bridgehead atoms. The third-order valence-corrected chi connectivity index (χ3v) is 5.50. The van der Waals surface area contributed by atoms with Gasteiger partial charge in [-0.25, -0.2) is 0 Å². The zero-order chi connectivity index (χ0) is 14.7. The molecule has 3 aliphatic rings. The van der Waals surface area contributed by atoms with E-state index in [2.05, 4.69) is 10.2 Å². The first-order chi connectivity index (χ1) is 10.3. The van der Waals surface area contributed by atoms with Crippen LogP contribution in [-0.2, 0) is 9.53 Å². The topological polar surface area (TPSA) is 41.6 Å². The van der Waals surface area contributed by atoms with E-state index >= 15 is 0 Å². The molecule has 4 nitrogen and oxygen atoms in total. The standard InChI is InChI=1S/C17H30N2O2/c1-21-17(20)14-9-15(12-19(11-14)16-7-8-16)18-10-13-5-3-2-4-6-13/h13-16,18H,2-12H2,1H3. The van der Waals surface area contributed by atoms with Crippen LogP contribution in [0.1, 0.15) is 51.4 Å².